The van der Waals surface area contributed by atoms with Gasteiger partial charge in [0.2, 0.25) is 0 Å². The Balaban J connectivity index is 1.33. The number of benzene rings is 3. The first-order valence-electron chi connectivity index (χ1n) is 12.6. The van der Waals surface area contributed by atoms with Gasteiger partial charge in [-0.05, 0) is 16.7 Å². The van der Waals surface area contributed by atoms with E-state index in [0.29, 0.717) is 19.6 Å². The molecule has 0 bridgehead atoms. The number of carbonyl (C=O) groups excluding carboxylic acids is 4. The van der Waals surface area contributed by atoms with Crippen molar-refractivity contribution in [3.8, 4) is 0 Å². The highest BCUT2D eigenvalue weighted by molar-refractivity contribution is 6.40. The van der Waals surface area contributed by atoms with E-state index in [1.807, 2.05) is 66.7 Å². The molecule has 202 valence electrons. The van der Waals surface area contributed by atoms with Crippen molar-refractivity contribution in [2.24, 2.45) is 0 Å². The maximum atomic E-state index is 13.0. The van der Waals surface area contributed by atoms with E-state index in [0.717, 1.165) is 16.7 Å². The average Bonchev–Trinajstić information content (AvgIpc) is 3.48. The number of alkyl carbamates (subject to hydrolysis) is 1. The lowest BCUT2D eigenvalue weighted by atomic mass is 9.99. The molecule has 1 unspecified atom stereocenters. The standard InChI is InChI=1S/C30H30N2O7/c33-25(18-22-10-4-1-5-11-22)27(32-16-17-37-21-32)28(34)29(35)38-20-31-30(36)39-26(24-14-8-3-9-15-24)19-23-12-6-2-7-13-23/h1-15,26-27H,16-21H2,(H,31,36)/t26?,27-/m1/s1. The van der Waals surface area contributed by atoms with Crippen molar-refractivity contribution in [1.29, 1.82) is 0 Å². The first-order valence-corrected chi connectivity index (χ1v) is 12.6. The Morgan fingerprint density at radius 3 is 2.08 bits per heavy atom. The summed E-state index contributed by atoms with van der Waals surface area (Å²) in [5.41, 5.74) is 2.51. The highest BCUT2D eigenvalue weighted by Crippen LogP contribution is 2.22. The van der Waals surface area contributed by atoms with Crippen LogP contribution in [0.4, 0.5) is 4.79 Å². The van der Waals surface area contributed by atoms with Crippen LogP contribution in [0.25, 0.3) is 0 Å². The number of Topliss-reactive ketones (excluding diaryl/α,β-unsaturated/α-hetero) is 2. The fraction of sp³-hybridized carbons (Fsp3) is 0.267. The zero-order chi connectivity index (χ0) is 27.5. The van der Waals surface area contributed by atoms with Gasteiger partial charge in [0.05, 0.1) is 6.61 Å². The van der Waals surface area contributed by atoms with Crippen LogP contribution in [0.1, 0.15) is 22.8 Å². The summed E-state index contributed by atoms with van der Waals surface area (Å²) in [6, 6.07) is 26.5. The van der Waals surface area contributed by atoms with Gasteiger partial charge in [0.25, 0.3) is 5.78 Å². The maximum Gasteiger partial charge on any atom is 0.410 e. The van der Waals surface area contributed by atoms with Crippen LogP contribution in [0.15, 0.2) is 91.0 Å². The van der Waals surface area contributed by atoms with Gasteiger partial charge in [-0.1, -0.05) is 91.0 Å². The van der Waals surface area contributed by atoms with Gasteiger partial charge in [-0.25, -0.2) is 9.59 Å². The third kappa shape index (κ3) is 8.07. The molecule has 0 aromatic heterocycles. The van der Waals surface area contributed by atoms with Crippen LogP contribution < -0.4 is 5.32 Å². The maximum absolute atomic E-state index is 13.0. The summed E-state index contributed by atoms with van der Waals surface area (Å²) in [6.07, 6.45) is -0.973. The largest absolute Gasteiger partial charge is 0.441 e. The van der Waals surface area contributed by atoms with Gasteiger partial charge < -0.3 is 14.2 Å². The van der Waals surface area contributed by atoms with Crippen molar-refractivity contribution in [3.05, 3.63) is 108 Å². The first kappa shape index (κ1) is 27.7. The number of nitrogens with one attached hydrogen (secondary N) is 1. The number of rotatable bonds is 12. The Bertz CT molecular complexity index is 1250. The van der Waals surface area contributed by atoms with Gasteiger partial charge in [-0.3, -0.25) is 19.8 Å². The second-order valence-corrected chi connectivity index (χ2v) is 8.99. The van der Waals surface area contributed by atoms with Crippen molar-refractivity contribution < 1.29 is 33.4 Å². The van der Waals surface area contributed by atoms with E-state index in [-0.39, 0.29) is 13.2 Å². The molecule has 1 aliphatic heterocycles. The minimum Gasteiger partial charge on any atom is -0.441 e. The number of nitrogens with zero attached hydrogens (tertiary/aromatic N) is 1. The number of esters is 1. The second kappa shape index (κ2) is 14.0. The average molecular weight is 531 g/mol. The lowest BCUT2D eigenvalue weighted by molar-refractivity contribution is -0.158. The monoisotopic (exact) mass is 530 g/mol. The molecule has 9 heteroatoms. The molecule has 1 heterocycles. The van der Waals surface area contributed by atoms with Crippen LogP contribution in [0, 0.1) is 0 Å². The highest BCUT2D eigenvalue weighted by Gasteiger charge is 2.39. The number of amides is 1. The van der Waals surface area contributed by atoms with E-state index >= 15 is 0 Å². The second-order valence-electron chi connectivity index (χ2n) is 8.99. The molecule has 0 radical (unpaired) electrons. The normalized spacial score (nSPS) is 14.7. The van der Waals surface area contributed by atoms with Gasteiger partial charge in [-0.2, -0.15) is 0 Å². The number of ketones is 2. The third-order valence-electron chi connectivity index (χ3n) is 6.23. The molecule has 1 saturated heterocycles. The van der Waals surface area contributed by atoms with E-state index in [4.69, 9.17) is 14.2 Å². The molecule has 1 N–H and O–H groups in total. The fourth-order valence-corrected chi connectivity index (χ4v) is 4.28. The molecule has 9 nitrogen and oxygen atoms in total. The Hall–Kier alpha value is -4.34. The highest BCUT2D eigenvalue weighted by atomic mass is 16.6. The van der Waals surface area contributed by atoms with Crippen molar-refractivity contribution in [2.75, 3.05) is 26.6 Å². The van der Waals surface area contributed by atoms with Gasteiger partial charge in [-0.15, -0.1) is 0 Å². The van der Waals surface area contributed by atoms with E-state index in [2.05, 4.69) is 5.32 Å². The van der Waals surface area contributed by atoms with Crippen molar-refractivity contribution in [2.45, 2.75) is 25.0 Å². The molecule has 3 aromatic rings. The molecule has 0 saturated carbocycles. The van der Waals surface area contributed by atoms with E-state index in [9.17, 15) is 19.2 Å². The van der Waals surface area contributed by atoms with Gasteiger partial charge in [0.15, 0.2) is 12.5 Å². The molecule has 1 aliphatic rings. The summed E-state index contributed by atoms with van der Waals surface area (Å²) in [5, 5.41) is 2.35. The van der Waals surface area contributed by atoms with E-state index in [1.54, 1.807) is 24.3 Å². The van der Waals surface area contributed by atoms with Crippen LogP contribution in [0.2, 0.25) is 0 Å². The fourth-order valence-electron chi connectivity index (χ4n) is 4.28. The smallest absolute Gasteiger partial charge is 0.410 e. The lowest BCUT2D eigenvalue weighted by Crippen LogP contribution is -2.49. The molecule has 39 heavy (non-hydrogen) atoms. The Morgan fingerprint density at radius 2 is 1.46 bits per heavy atom. The number of hydrogen-bond acceptors (Lipinski definition) is 8. The Labute approximate surface area is 226 Å². The zero-order valence-electron chi connectivity index (χ0n) is 21.4. The molecule has 0 spiro atoms. The molecule has 3 aromatic carbocycles. The molecular weight excluding hydrogens is 500 g/mol. The molecule has 1 amide bonds. The first-order chi connectivity index (χ1) is 19.0. The molecule has 0 aliphatic carbocycles. The quantitative estimate of drug-likeness (QED) is 0.164. The van der Waals surface area contributed by atoms with Gasteiger partial charge in [0, 0.05) is 19.4 Å². The molecular formula is C30H30N2O7. The Kier molecular flexibility index (Phi) is 9.93. The summed E-state index contributed by atoms with van der Waals surface area (Å²) in [5.74, 6) is -2.67. The number of ether oxygens (including phenoxy) is 3. The van der Waals surface area contributed by atoms with Crippen LogP contribution in [-0.2, 0) is 41.4 Å². The predicted molar refractivity (Wildman–Crippen MR) is 141 cm³/mol. The Morgan fingerprint density at radius 1 is 0.846 bits per heavy atom. The van der Waals surface area contributed by atoms with Gasteiger partial charge >= 0.3 is 12.1 Å². The number of carbonyl (C=O) groups is 4. The summed E-state index contributed by atoms with van der Waals surface area (Å²) < 4.78 is 15.9. The topological polar surface area (TPSA) is 111 Å². The summed E-state index contributed by atoms with van der Waals surface area (Å²) >= 11 is 0. The van der Waals surface area contributed by atoms with Crippen LogP contribution in [0.5, 0.6) is 0 Å². The number of hydrogen-bond donors (Lipinski definition) is 1. The van der Waals surface area contributed by atoms with E-state index < -0.39 is 42.5 Å². The molecule has 4 rings (SSSR count). The van der Waals surface area contributed by atoms with Gasteiger partial charge in [0.1, 0.15) is 18.9 Å². The lowest BCUT2D eigenvalue weighted by Gasteiger charge is -2.23. The van der Waals surface area contributed by atoms with Crippen LogP contribution in [-0.4, -0.2) is 61.2 Å². The van der Waals surface area contributed by atoms with Crippen LogP contribution >= 0.6 is 0 Å². The van der Waals surface area contributed by atoms with Crippen LogP contribution in [0.3, 0.4) is 0 Å². The summed E-state index contributed by atoms with van der Waals surface area (Å²) in [6.45, 7) is 0.136. The van der Waals surface area contributed by atoms with Crippen molar-refractivity contribution in [1.82, 2.24) is 10.2 Å². The van der Waals surface area contributed by atoms with Crippen molar-refractivity contribution >= 4 is 23.6 Å². The summed E-state index contributed by atoms with van der Waals surface area (Å²) in [4.78, 5) is 52.6. The third-order valence-corrected chi connectivity index (χ3v) is 6.23. The minimum absolute atomic E-state index is 0.0199. The molecule has 1 fully saturated rings. The minimum atomic E-state index is -1.33. The van der Waals surface area contributed by atoms with Crippen molar-refractivity contribution in [3.63, 3.8) is 0 Å². The summed E-state index contributed by atoms with van der Waals surface area (Å²) in [7, 11) is 0. The van der Waals surface area contributed by atoms with E-state index in [1.165, 1.54) is 4.90 Å². The molecule has 2 atom stereocenters. The SMILES string of the molecule is O=C(NCOC(=O)C(=O)[C@@H](C(=O)Cc1ccccc1)N1CCOC1)OC(Cc1ccccc1)c1ccccc1. The zero-order valence-corrected chi connectivity index (χ0v) is 21.4. The predicted octanol–water partition coefficient (Wildman–Crippen LogP) is 3.24.